The molecule has 45 heavy (non-hydrogen) atoms. The standard InChI is InChI=1S/C32H37N7O5S/c1-21-18-24(23-10-4-3-5-11-23)19-22(2)28(21)45(43,44)39-32(30(41)42,14-6-7-15-33-31-34-16-9-17-35-31)37-29(40)25-12-8-13-27-26(25)20-36-38-27/h3-5,8-13,16,18-20,31,33-35,39H,6-7,14-15,17H2,1-2H3,(H,36,38)(H,37,40)(H,41,42). The number of sulfonamides is 1. The number of carbonyl (C=O) groups excluding carboxylic acids is 1. The Bertz CT molecular complexity index is 1800. The Morgan fingerprint density at radius 1 is 1.02 bits per heavy atom. The minimum absolute atomic E-state index is 0.0387. The van der Waals surface area contributed by atoms with E-state index in [0.717, 1.165) is 11.1 Å². The predicted octanol–water partition coefficient (Wildman–Crippen LogP) is 3.09. The Hall–Kier alpha value is -4.56. The number of aromatic nitrogens is 2. The van der Waals surface area contributed by atoms with Crippen molar-refractivity contribution in [3.63, 3.8) is 0 Å². The lowest BCUT2D eigenvalue weighted by Gasteiger charge is -2.32. The second kappa shape index (κ2) is 13.6. The van der Waals surface area contributed by atoms with E-state index in [-0.39, 0.29) is 29.6 Å². The lowest BCUT2D eigenvalue weighted by Crippen LogP contribution is -2.65. The second-order valence-electron chi connectivity index (χ2n) is 11.0. The number of nitrogens with zero attached hydrogens (tertiary/aromatic N) is 1. The number of carbonyl (C=O) groups is 2. The van der Waals surface area contributed by atoms with E-state index in [9.17, 15) is 23.1 Å². The molecule has 0 saturated heterocycles. The van der Waals surface area contributed by atoms with Crippen molar-refractivity contribution in [2.45, 2.75) is 50.0 Å². The zero-order chi connectivity index (χ0) is 32.0. The first-order valence-corrected chi connectivity index (χ1v) is 16.1. The summed E-state index contributed by atoms with van der Waals surface area (Å²) < 4.78 is 30.5. The number of aromatic amines is 1. The molecular weight excluding hydrogens is 594 g/mol. The van der Waals surface area contributed by atoms with Crippen molar-refractivity contribution in [1.82, 2.24) is 36.2 Å². The van der Waals surface area contributed by atoms with Crippen molar-refractivity contribution >= 4 is 32.8 Å². The van der Waals surface area contributed by atoms with Gasteiger partial charge in [0.1, 0.15) is 6.29 Å². The van der Waals surface area contributed by atoms with Gasteiger partial charge in [0.15, 0.2) is 0 Å². The summed E-state index contributed by atoms with van der Waals surface area (Å²) in [4.78, 5) is 26.6. The van der Waals surface area contributed by atoms with E-state index in [1.54, 1.807) is 38.1 Å². The normalized spacial score (nSPS) is 16.2. The van der Waals surface area contributed by atoms with Gasteiger partial charge in [-0.25, -0.2) is 13.2 Å². The molecule has 0 aliphatic carbocycles. The molecule has 0 radical (unpaired) electrons. The molecule has 2 heterocycles. The van der Waals surface area contributed by atoms with E-state index in [0.29, 0.717) is 41.5 Å². The highest BCUT2D eigenvalue weighted by atomic mass is 32.2. The average molecular weight is 632 g/mol. The Morgan fingerprint density at radius 2 is 1.78 bits per heavy atom. The molecule has 1 aliphatic heterocycles. The van der Waals surface area contributed by atoms with Crippen LogP contribution in [0.25, 0.3) is 22.0 Å². The van der Waals surface area contributed by atoms with Gasteiger partial charge in [0.2, 0.25) is 15.7 Å². The van der Waals surface area contributed by atoms with Crippen molar-refractivity contribution < 1.29 is 23.1 Å². The highest BCUT2D eigenvalue weighted by Crippen LogP contribution is 2.29. The van der Waals surface area contributed by atoms with E-state index >= 15 is 0 Å². The maximum Gasteiger partial charge on any atom is 0.345 e. The van der Waals surface area contributed by atoms with Crippen LogP contribution in [-0.4, -0.2) is 60.6 Å². The van der Waals surface area contributed by atoms with E-state index < -0.39 is 27.6 Å². The van der Waals surface area contributed by atoms with Crippen LogP contribution < -0.4 is 26.0 Å². The summed E-state index contributed by atoms with van der Waals surface area (Å²) in [6.07, 6.45) is 5.69. The van der Waals surface area contributed by atoms with Crippen molar-refractivity contribution in [3.8, 4) is 11.1 Å². The lowest BCUT2D eigenvalue weighted by atomic mass is 10.0. The van der Waals surface area contributed by atoms with Gasteiger partial charge in [-0.3, -0.25) is 20.5 Å². The van der Waals surface area contributed by atoms with E-state index in [2.05, 4.69) is 36.2 Å². The molecule has 2 unspecified atom stereocenters. The summed E-state index contributed by atoms with van der Waals surface area (Å²) in [5, 5.41) is 30.0. The number of amides is 1. The number of rotatable bonds is 13. The number of hydrogen-bond donors (Lipinski definition) is 7. The molecule has 0 bridgehead atoms. The van der Waals surface area contributed by atoms with Gasteiger partial charge in [-0.2, -0.15) is 9.82 Å². The van der Waals surface area contributed by atoms with Crippen LogP contribution in [0.5, 0.6) is 0 Å². The molecule has 7 N–H and O–H groups in total. The Labute approximate surface area is 261 Å². The van der Waals surface area contributed by atoms with Gasteiger partial charge in [-0.15, -0.1) is 0 Å². The first-order chi connectivity index (χ1) is 21.6. The molecule has 1 aromatic heterocycles. The van der Waals surface area contributed by atoms with Gasteiger partial charge in [0.25, 0.3) is 5.91 Å². The van der Waals surface area contributed by atoms with E-state index in [1.807, 2.05) is 42.6 Å². The number of aryl methyl sites for hydroxylation is 2. The summed E-state index contributed by atoms with van der Waals surface area (Å²) in [5.41, 5.74) is 1.05. The molecule has 236 valence electrons. The molecule has 5 rings (SSSR count). The molecular formula is C32H37N7O5S. The SMILES string of the molecule is Cc1cc(-c2ccccc2)cc(C)c1S(=O)(=O)NC(CCCCNC1NC=CCN1)(NC(=O)c1cccc2[nH]ncc12)C(=O)O. The molecule has 2 atom stereocenters. The first kappa shape index (κ1) is 31.9. The third kappa shape index (κ3) is 7.23. The van der Waals surface area contributed by atoms with Gasteiger partial charge >= 0.3 is 5.97 Å². The van der Waals surface area contributed by atoms with Crippen LogP contribution >= 0.6 is 0 Å². The molecule has 3 aromatic carbocycles. The number of fused-ring (bicyclic) bond motifs is 1. The largest absolute Gasteiger partial charge is 0.478 e. The summed E-state index contributed by atoms with van der Waals surface area (Å²) >= 11 is 0. The van der Waals surface area contributed by atoms with E-state index in [4.69, 9.17) is 0 Å². The summed E-state index contributed by atoms with van der Waals surface area (Å²) in [6.45, 7) is 4.56. The zero-order valence-corrected chi connectivity index (χ0v) is 25.9. The fourth-order valence-corrected chi connectivity index (χ4v) is 7.35. The van der Waals surface area contributed by atoms with Gasteiger partial charge in [0.05, 0.1) is 22.2 Å². The molecule has 1 amide bonds. The van der Waals surface area contributed by atoms with Crippen molar-refractivity contribution in [3.05, 3.63) is 95.8 Å². The molecule has 0 saturated carbocycles. The van der Waals surface area contributed by atoms with Crippen LogP contribution in [0.2, 0.25) is 0 Å². The number of carboxylic acid groups (broad SMARTS) is 1. The maximum atomic E-state index is 14.1. The topological polar surface area (TPSA) is 177 Å². The number of hydrogen-bond acceptors (Lipinski definition) is 8. The van der Waals surface area contributed by atoms with Crippen molar-refractivity contribution in [2.24, 2.45) is 0 Å². The van der Waals surface area contributed by atoms with Crippen LogP contribution in [-0.2, 0) is 14.8 Å². The zero-order valence-electron chi connectivity index (χ0n) is 25.1. The first-order valence-electron chi connectivity index (χ1n) is 14.7. The van der Waals surface area contributed by atoms with Crippen molar-refractivity contribution in [2.75, 3.05) is 13.1 Å². The molecule has 12 nitrogen and oxygen atoms in total. The number of H-pyrrole nitrogens is 1. The monoisotopic (exact) mass is 631 g/mol. The number of benzene rings is 3. The maximum absolute atomic E-state index is 14.1. The minimum Gasteiger partial charge on any atom is -0.478 e. The van der Waals surface area contributed by atoms with Crippen LogP contribution in [0.1, 0.15) is 40.7 Å². The van der Waals surface area contributed by atoms with E-state index in [1.165, 1.54) is 12.3 Å². The van der Waals surface area contributed by atoms with Gasteiger partial charge < -0.3 is 15.7 Å². The van der Waals surface area contributed by atoms with Crippen LogP contribution in [0, 0.1) is 13.8 Å². The van der Waals surface area contributed by atoms with Gasteiger partial charge in [-0.05, 0) is 80.2 Å². The Kier molecular flexibility index (Phi) is 9.63. The number of unbranched alkanes of at least 4 members (excludes halogenated alkanes) is 1. The molecule has 4 aromatic rings. The fourth-order valence-electron chi connectivity index (χ4n) is 5.58. The molecule has 0 fully saturated rings. The van der Waals surface area contributed by atoms with Crippen LogP contribution in [0.3, 0.4) is 0 Å². The second-order valence-corrected chi connectivity index (χ2v) is 12.7. The smallest absolute Gasteiger partial charge is 0.345 e. The average Bonchev–Trinajstić information content (AvgIpc) is 3.50. The van der Waals surface area contributed by atoms with Crippen LogP contribution in [0.4, 0.5) is 0 Å². The molecule has 13 heteroatoms. The Morgan fingerprint density at radius 3 is 2.47 bits per heavy atom. The lowest BCUT2D eigenvalue weighted by molar-refractivity contribution is -0.145. The molecule has 0 spiro atoms. The quantitative estimate of drug-likeness (QED) is 0.0863. The Balaban J connectivity index is 1.44. The predicted molar refractivity (Wildman–Crippen MR) is 172 cm³/mol. The molecule has 1 aliphatic rings. The summed E-state index contributed by atoms with van der Waals surface area (Å²) in [5.74, 6) is -2.27. The fraction of sp³-hybridized carbons (Fsp3) is 0.281. The number of nitrogens with one attached hydrogen (secondary N) is 6. The van der Waals surface area contributed by atoms with Crippen molar-refractivity contribution in [1.29, 1.82) is 0 Å². The third-order valence-electron chi connectivity index (χ3n) is 7.71. The highest BCUT2D eigenvalue weighted by molar-refractivity contribution is 7.89. The number of carboxylic acids is 1. The van der Waals surface area contributed by atoms with Crippen LogP contribution in [0.15, 0.2) is 84.0 Å². The van der Waals surface area contributed by atoms with Gasteiger partial charge in [-0.1, -0.05) is 54.6 Å². The van der Waals surface area contributed by atoms with Gasteiger partial charge in [0, 0.05) is 11.9 Å². The minimum atomic E-state index is -4.45. The third-order valence-corrected chi connectivity index (χ3v) is 9.51. The number of aliphatic carboxylic acids is 1. The summed E-state index contributed by atoms with van der Waals surface area (Å²) in [7, 11) is -4.45. The summed E-state index contributed by atoms with van der Waals surface area (Å²) in [6, 6.07) is 18.0. The highest BCUT2D eigenvalue weighted by Gasteiger charge is 2.44.